The number of aliphatic hydroxyl groups is 1. The summed E-state index contributed by atoms with van der Waals surface area (Å²) in [6.07, 6.45) is 7.09. The van der Waals surface area contributed by atoms with Gasteiger partial charge >= 0.3 is 0 Å². The smallest absolute Gasteiger partial charge is 0.0908 e. The van der Waals surface area contributed by atoms with Gasteiger partial charge in [-0.05, 0) is 6.42 Å². The zero-order chi connectivity index (χ0) is 10.6. The number of aliphatic hydroxyl groups excluding tert-OH is 1. The van der Waals surface area contributed by atoms with E-state index in [1.165, 1.54) is 32.1 Å². The van der Waals surface area contributed by atoms with Crippen molar-refractivity contribution in [3.05, 3.63) is 0 Å². The second kappa shape index (κ2) is 11.3. The number of alkyl halides is 1. The number of rotatable bonds is 10. The summed E-state index contributed by atoms with van der Waals surface area (Å²) in [6.45, 7) is 3.34. The molecule has 0 aromatic heterocycles. The number of hydrogen-bond acceptors (Lipinski definition) is 2. The largest absolute Gasteiger partial charge is 0.389 e. The minimum absolute atomic E-state index is 0.260. The van der Waals surface area contributed by atoms with Crippen molar-refractivity contribution in [3.63, 3.8) is 0 Å². The van der Waals surface area contributed by atoms with Gasteiger partial charge in [-0.1, -0.05) is 39.0 Å². The molecule has 0 radical (unpaired) electrons. The molecule has 3 heteroatoms. The van der Waals surface area contributed by atoms with Crippen LogP contribution in [-0.4, -0.2) is 30.3 Å². The number of unbranched alkanes of at least 4 members (excludes halogenated alkanes) is 5. The van der Waals surface area contributed by atoms with Gasteiger partial charge < -0.3 is 9.84 Å². The molecular weight excluding hydrogens is 200 g/mol. The quantitative estimate of drug-likeness (QED) is 0.455. The minimum Gasteiger partial charge on any atom is -0.389 e. The van der Waals surface area contributed by atoms with Gasteiger partial charge in [0.2, 0.25) is 0 Å². The third kappa shape index (κ3) is 10.3. The predicted octanol–water partition coefficient (Wildman–Crippen LogP) is 2.96. The third-order valence-electron chi connectivity index (χ3n) is 2.13. The van der Waals surface area contributed by atoms with Crippen LogP contribution in [0.3, 0.4) is 0 Å². The molecule has 1 atom stereocenters. The summed E-state index contributed by atoms with van der Waals surface area (Å²) in [7, 11) is 0. The highest BCUT2D eigenvalue weighted by Crippen LogP contribution is 2.04. The second-order valence-corrected chi connectivity index (χ2v) is 3.96. The van der Waals surface area contributed by atoms with E-state index in [2.05, 4.69) is 6.92 Å². The average Bonchev–Trinajstić information content (AvgIpc) is 2.21. The summed E-state index contributed by atoms with van der Waals surface area (Å²) in [4.78, 5) is 0. The first kappa shape index (κ1) is 14.2. The molecular formula is C11H23ClO2. The van der Waals surface area contributed by atoms with Crippen molar-refractivity contribution in [1.29, 1.82) is 0 Å². The van der Waals surface area contributed by atoms with Gasteiger partial charge in [-0.2, -0.15) is 0 Å². The summed E-state index contributed by atoms with van der Waals surface area (Å²) in [5.41, 5.74) is 0. The van der Waals surface area contributed by atoms with E-state index in [-0.39, 0.29) is 5.88 Å². The molecule has 86 valence electrons. The Labute approximate surface area is 92.6 Å². The van der Waals surface area contributed by atoms with E-state index in [1.807, 2.05) is 0 Å². The van der Waals surface area contributed by atoms with Crippen molar-refractivity contribution in [1.82, 2.24) is 0 Å². The fourth-order valence-corrected chi connectivity index (χ4v) is 1.34. The number of halogens is 1. The Morgan fingerprint density at radius 2 is 1.79 bits per heavy atom. The molecule has 0 saturated heterocycles. The fourth-order valence-electron chi connectivity index (χ4n) is 1.25. The van der Waals surface area contributed by atoms with Gasteiger partial charge in [0.15, 0.2) is 0 Å². The molecule has 0 aliphatic heterocycles. The Morgan fingerprint density at radius 3 is 2.43 bits per heavy atom. The topological polar surface area (TPSA) is 29.5 Å². The normalized spacial score (nSPS) is 13.1. The van der Waals surface area contributed by atoms with Crippen LogP contribution in [0.15, 0.2) is 0 Å². The lowest BCUT2D eigenvalue weighted by Crippen LogP contribution is -2.17. The van der Waals surface area contributed by atoms with E-state index < -0.39 is 6.10 Å². The first-order valence-corrected chi connectivity index (χ1v) is 6.16. The van der Waals surface area contributed by atoms with E-state index >= 15 is 0 Å². The second-order valence-electron chi connectivity index (χ2n) is 3.65. The summed E-state index contributed by atoms with van der Waals surface area (Å²) >= 11 is 5.42. The molecule has 14 heavy (non-hydrogen) atoms. The Bertz CT molecular complexity index is 109. The fraction of sp³-hybridized carbons (Fsp3) is 1.00. The summed E-state index contributed by atoms with van der Waals surface area (Å²) in [5, 5.41) is 9.07. The molecule has 0 bridgehead atoms. The first-order chi connectivity index (χ1) is 6.81. The monoisotopic (exact) mass is 222 g/mol. The van der Waals surface area contributed by atoms with Crippen LogP contribution in [0.4, 0.5) is 0 Å². The van der Waals surface area contributed by atoms with Gasteiger partial charge in [-0.3, -0.25) is 0 Å². The molecule has 2 nitrogen and oxygen atoms in total. The maximum atomic E-state index is 9.07. The standard InChI is InChI=1S/C11H23ClO2/c1-2-3-4-5-6-7-8-14-10-11(13)9-12/h11,13H,2-10H2,1H3/t11-/m1/s1. The third-order valence-corrected chi connectivity index (χ3v) is 2.49. The molecule has 0 aliphatic rings. The van der Waals surface area contributed by atoms with Crippen LogP contribution in [0.1, 0.15) is 45.4 Å². The maximum absolute atomic E-state index is 9.07. The summed E-state index contributed by atoms with van der Waals surface area (Å²) < 4.78 is 5.26. The summed E-state index contributed by atoms with van der Waals surface area (Å²) in [5.74, 6) is 0.260. The van der Waals surface area contributed by atoms with Crippen molar-refractivity contribution in [2.45, 2.75) is 51.6 Å². The van der Waals surface area contributed by atoms with Gasteiger partial charge in [-0.25, -0.2) is 0 Å². The molecule has 0 spiro atoms. The Morgan fingerprint density at radius 1 is 1.14 bits per heavy atom. The van der Waals surface area contributed by atoms with E-state index in [0.717, 1.165) is 13.0 Å². The minimum atomic E-state index is -0.503. The highest BCUT2D eigenvalue weighted by Gasteiger charge is 2.00. The maximum Gasteiger partial charge on any atom is 0.0908 e. The Balaban J connectivity index is 2.92. The molecule has 0 amide bonds. The van der Waals surface area contributed by atoms with E-state index in [9.17, 15) is 0 Å². The SMILES string of the molecule is CCCCCCCCOC[C@H](O)CCl. The van der Waals surface area contributed by atoms with Gasteiger partial charge in [0.05, 0.1) is 18.6 Å². The van der Waals surface area contributed by atoms with Crippen LogP contribution in [0.5, 0.6) is 0 Å². The molecule has 1 N–H and O–H groups in total. The van der Waals surface area contributed by atoms with E-state index in [0.29, 0.717) is 6.61 Å². The van der Waals surface area contributed by atoms with E-state index in [1.54, 1.807) is 0 Å². The Kier molecular flexibility index (Phi) is 11.5. The first-order valence-electron chi connectivity index (χ1n) is 5.63. The lowest BCUT2D eigenvalue weighted by atomic mass is 10.1. The molecule has 0 unspecified atom stereocenters. The van der Waals surface area contributed by atoms with Crippen molar-refractivity contribution in [2.24, 2.45) is 0 Å². The van der Waals surface area contributed by atoms with Crippen molar-refractivity contribution >= 4 is 11.6 Å². The molecule has 0 saturated carbocycles. The lowest BCUT2D eigenvalue weighted by molar-refractivity contribution is 0.0461. The van der Waals surface area contributed by atoms with Crippen molar-refractivity contribution in [2.75, 3.05) is 19.1 Å². The van der Waals surface area contributed by atoms with Crippen LogP contribution in [-0.2, 0) is 4.74 Å². The molecule has 0 fully saturated rings. The van der Waals surface area contributed by atoms with Crippen LogP contribution in [0, 0.1) is 0 Å². The highest BCUT2D eigenvalue weighted by atomic mass is 35.5. The summed E-state index contributed by atoms with van der Waals surface area (Å²) in [6, 6.07) is 0. The zero-order valence-electron chi connectivity index (χ0n) is 9.17. The highest BCUT2D eigenvalue weighted by molar-refractivity contribution is 6.18. The van der Waals surface area contributed by atoms with Crippen LogP contribution in [0.25, 0.3) is 0 Å². The van der Waals surface area contributed by atoms with Gasteiger partial charge in [-0.15, -0.1) is 11.6 Å². The molecule has 0 aromatic rings. The van der Waals surface area contributed by atoms with Crippen LogP contribution < -0.4 is 0 Å². The molecule has 0 heterocycles. The predicted molar refractivity (Wildman–Crippen MR) is 60.9 cm³/mol. The molecule has 0 aliphatic carbocycles. The lowest BCUT2D eigenvalue weighted by Gasteiger charge is -2.07. The van der Waals surface area contributed by atoms with Crippen molar-refractivity contribution < 1.29 is 9.84 Å². The molecule has 0 aromatic carbocycles. The number of hydrogen-bond donors (Lipinski definition) is 1. The van der Waals surface area contributed by atoms with Gasteiger partial charge in [0, 0.05) is 6.61 Å². The Hall–Kier alpha value is 0.210. The van der Waals surface area contributed by atoms with Gasteiger partial charge in [0.25, 0.3) is 0 Å². The van der Waals surface area contributed by atoms with Gasteiger partial charge in [0.1, 0.15) is 0 Å². The van der Waals surface area contributed by atoms with Crippen LogP contribution in [0.2, 0.25) is 0 Å². The van der Waals surface area contributed by atoms with Crippen LogP contribution >= 0.6 is 11.6 Å². The van der Waals surface area contributed by atoms with Crippen molar-refractivity contribution in [3.8, 4) is 0 Å². The molecule has 0 rings (SSSR count). The zero-order valence-corrected chi connectivity index (χ0v) is 9.93. The van der Waals surface area contributed by atoms with E-state index in [4.69, 9.17) is 21.4 Å². The number of ether oxygens (including phenoxy) is 1. The average molecular weight is 223 g/mol.